The highest BCUT2D eigenvalue weighted by Gasteiger charge is 2.35. The highest BCUT2D eigenvalue weighted by molar-refractivity contribution is 7.91. The molecule has 0 atom stereocenters. The van der Waals surface area contributed by atoms with Crippen molar-refractivity contribution in [2.24, 2.45) is 4.40 Å². The van der Waals surface area contributed by atoms with Gasteiger partial charge in [0.25, 0.3) is 10.0 Å². The van der Waals surface area contributed by atoms with Gasteiger partial charge in [-0.3, -0.25) is 0 Å². The molecule has 0 N–H and O–H groups in total. The average Bonchev–Trinajstić information content (AvgIpc) is 2.98. The number of sulfonamides is 1. The molecule has 2 rings (SSSR count). The zero-order valence-corrected chi connectivity index (χ0v) is 16.6. The Kier molecular flexibility index (Phi) is 5.56. The molecule has 0 saturated heterocycles. The summed E-state index contributed by atoms with van der Waals surface area (Å²) >= 11 is 0. The topological polar surface area (TPSA) is 64.3 Å². The van der Waals surface area contributed by atoms with Crippen molar-refractivity contribution in [2.45, 2.75) is 51.6 Å². The first-order chi connectivity index (χ1) is 12.2. The largest absolute Gasteiger partial charge is 0.434 e. The van der Waals surface area contributed by atoms with Crippen LogP contribution >= 0.6 is 0 Å². The first-order valence-corrected chi connectivity index (χ1v) is 9.73. The van der Waals surface area contributed by atoms with Crippen LogP contribution in [0.2, 0.25) is 0 Å². The second-order valence-corrected chi connectivity index (χ2v) is 9.78. The molecule has 0 aliphatic carbocycles. The molecule has 148 valence electrons. The van der Waals surface area contributed by atoms with E-state index in [-0.39, 0.29) is 11.9 Å². The van der Waals surface area contributed by atoms with Crippen molar-refractivity contribution in [3.8, 4) is 11.4 Å². The van der Waals surface area contributed by atoms with Crippen LogP contribution in [0.5, 0.6) is 0 Å². The van der Waals surface area contributed by atoms with Gasteiger partial charge in [-0.1, -0.05) is 24.3 Å². The zero-order valence-electron chi connectivity index (χ0n) is 15.7. The predicted molar refractivity (Wildman–Crippen MR) is 99.3 cm³/mol. The molecule has 2 aromatic rings. The molecule has 5 nitrogen and oxygen atoms in total. The molecule has 1 aromatic carbocycles. The Bertz CT molecular complexity index is 936. The van der Waals surface area contributed by atoms with E-state index in [2.05, 4.69) is 9.38 Å². The number of imidazole rings is 1. The fraction of sp³-hybridized carbons (Fsp3) is 0.444. The van der Waals surface area contributed by atoms with E-state index in [1.165, 1.54) is 10.8 Å². The number of hydrogen-bond donors (Lipinski definition) is 0. The van der Waals surface area contributed by atoms with E-state index in [1.807, 2.05) is 0 Å². The second kappa shape index (κ2) is 7.10. The van der Waals surface area contributed by atoms with E-state index in [9.17, 15) is 21.6 Å². The Morgan fingerprint density at radius 1 is 1.11 bits per heavy atom. The summed E-state index contributed by atoms with van der Waals surface area (Å²) in [5.74, 6) is 0.197. The summed E-state index contributed by atoms with van der Waals surface area (Å²) in [4.78, 5) is 3.73. The van der Waals surface area contributed by atoms with Gasteiger partial charge in [-0.25, -0.2) is 13.4 Å². The van der Waals surface area contributed by atoms with Gasteiger partial charge in [-0.15, -0.1) is 0 Å². The van der Waals surface area contributed by atoms with E-state index in [0.29, 0.717) is 11.1 Å². The molecule has 0 saturated carbocycles. The molecule has 0 aliphatic rings. The van der Waals surface area contributed by atoms with Crippen molar-refractivity contribution in [3.63, 3.8) is 0 Å². The van der Waals surface area contributed by atoms with Crippen LogP contribution in [0.3, 0.4) is 0 Å². The van der Waals surface area contributed by atoms with E-state index in [0.717, 1.165) is 6.20 Å². The Hall–Kier alpha value is -2.16. The quantitative estimate of drug-likeness (QED) is 0.698. The summed E-state index contributed by atoms with van der Waals surface area (Å²) < 4.78 is 67.1. The number of nitrogens with zero attached hydrogens (tertiary/aromatic N) is 3. The third-order valence-electron chi connectivity index (χ3n) is 3.86. The number of alkyl halides is 3. The van der Waals surface area contributed by atoms with Crippen molar-refractivity contribution in [1.29, 1.82) is 0 Å². The Balaban J connectivity index is 2.37. The van der Waals surface area contributed by atoms with Gasteiger partial charge in [-0.2, -0.15) is 17.6 Å². The van der Waals surface area contributed by atoms with Crippen LogP contribution in [0.1, 0.15) is 51.9 Å². The third kappa shape index (κ3) is 4.77. The molecular weight excluding hydrogens is 379 g/mol. The minimum Gasteiger partial charge on any atom is -0.328 e. The number of aromatic nitrogens is 2. The lowest BCUT2D eigenvalue weighted by atomic mass is 10.1. The zero-order chi connectivity index (χ0) is 20.6. The third-order valence-corrected chi connectivity index (χ3v) is 5.79. The Morgan fingerprint density at radius 3 is 2.11 bits per heavy atom. The van der Waals surface area contributed by atoms with Crippen molar-refractivity contribution in [3.05, 3.63) is 41.7 Å². The maximum atomic E-state index is 13.0. The average molecular weight is 401 g/mol. The minimum atomic E-state index is -4.52. The maximum Gasteiger partial charge on any atom is 0.434 e. The SMILES string of the molecule is CC(C)n1cc(C(F)(F)F)nc1-c1ccc(C=NS(=O)(=O)C(C)(C)C)cc1. The lowest BCUT2D eigenvalue weighted by molar-refractivity contribution is -0.140. The van der Waals surface area contributed by atoms with Crippen molar-refractivity contribution in [2.75, 3.05) is 0 Å². The van der Waals surface area contributed by atoms with E-state index < -0.39 is 26.6 Å². The summed E-state index contributed by atoms with van der Waals surface area (Å²) in [5, 5.41) is 0. The minimum absolute atomic E-state index is 0.197. The van der Waals surface area contributed by atoms with Crippen LogP contribution in [0.15, 0.2) is 34.9 Å². The van der Waals surface area contributed by atoms with Gasteiger partial charge in [0.05, 0.1) is 4.75 Å². The van der Waals surface area contributed by atoms with Crippen LogP contribution in [0, 0.1) is 0 Å². The maximum absolute atomic E-state index is 13.0. The Labute approximate surface area is 157 Å². The predicted octanol–water partition coefficient (Wildman–Crippen LogP) is 4.70. The van der Waals surface area contributed by atoms with Gasteiger partial charge < -0.3 is 4.57 Å². The highest BCUT2D eigenvalue weighted by atomic mass is 32.2. The van der Waals surface area contributed by atoms with Crippen molar-refractivity contribution < 1.29 is 21.6 Å². The van der Waals surface area contributed by atoms with Gasteiger partial charge in [0.15, 0.2) is 5.69 Å². The molecule has 9 heteroatoms. The summed E-state index contributed by atoms with van der Waals surface area (Å²) in [5.41, 5.74) is 0.0633. The molecule has 1 aromatic heterocycles. The smallest absolute Gasteiger partial charge is 0.328 e. The molecule has 0 unspecified atom stereocenters. The van der Waals surface area contributed by atoms with Gasteiger partial charge in [-0.05, 0) is 40.2 Å². The number of rotatable bonds is 4. The lowest BCUT2D eigenvalue weighted by Gasteiger charge is -2.14. The summed E-state index contributed by atoms with van der Waals surface area (Å²) in [6, 6.07) is 6.15. The summed E-state index contributed by atoms with van der Waals surface area (Å²) in [7, 11) is -3.66. The van der Waals surface area contributed by atoms with Crippen LogP contribution in [-0.2, 0) is 16.2 Å². The molecule has 1 heterocycles. The number of halogens is 3. The fourth-order valence-corrected chi connectivity index (χ4v) is 2.72. The molecule has 0 spiro atoms. The summed E-state index contributed by atoms with van der Waals surface area (Å²) in [6.45, 7) is 8.18. The van der Waals surface area contributed by atoms with E-state index >= 15 is 0 Å². The molecule has 0 radical (unpaired) electrons. The molecular formula is C18H22F3N3O2S. The van der Waals surface area contributed by atoms with Gasteiger partial charge in [0, 0.05) is 24.0 Å². The number of hydrogen-bond acceptors (Lipinski definition) is 3. The van der Waals surface area contributed by atoms with Crippen LogP contribution in [-0.4, -0.2) is 28.9 Å². The van der Waals surface area contributed by atoms with Gasteiger partial charge >= 0.3 is 6.18 Å². The fourth-order valence-electron chi connectivity index (χ4n) is 2.14. The number of benzene rings is 1. The normalized spacial score (nSPS) is 13.7. The van der Waals surface area contributed by atoms with Crippen molar-refractivity contribution >= 4 is 16.2 Å². The van der Waals surface area contributed by atoms with Crippen LogP contribution < -0.4 is 0 Å². The highest BCUT2D eigenvalue weighted by Crippen LogP contribution is 2.32. The standard InChI is InChI=1S/C18H22F3N3O2S/c1-12(2)24-11-15(18(19,20)21)23-16(24)14-8-6-13(7-9-14)10-22-27(25,26)17(3,4)5/h6-12H,1-5H3. The molecule has 27 heavy (non-hydrogen) atoms. The summed E-state index contributed by atoms with van der Waals surface area (Å²) in [6.07, 6.45) is -2.31. The molecule has 0 amide bonds. The monoisotopic (exact) mass is 401 g/mol. The van der Waals surface area contributed by atoms with E-state index in [4.69, 9.17) is 0 Å². The molecule has 0 aliphatic heterocycles. The lowest BCUT2D eigenvalue weighted by Crippen LogP contribution is -2.25. The van der Waals surface area contributed by atoms with Crippen molar-refractivity contribution in [1.82, 2.24) is 9.55 Å². The van der Waals surface area contributed by atoms with Crippen LogP contribution in [0.25, 0.3) is 11.4 Å². The van der Waals surface area contributed by atoms with Gasteiger partial charge in [0.1, 0.15) is 5.82 Å². The Morgan fingerprint density at radius 2 is 1.67 bits per heavy atom. The first-order valence-electron chi connectivity index (χ1n) is 8.29. The molecule has 0 fully saturated rings. The first kappa shape index (κ1) is 21.1. The van der Waals surface area contributed by atoms with Crippen LogP contribution in [0.4, 0.5) is 13.2 Å². The van der Waals surface area contributed by atoms with Gasteiger partial charge in [0.2, 0.25) is 0 Å². The molecule has 0 bridgehead atoms. The van der Waals surface area contributed by atoms with E-state index in [1.54, 1.807) is 58.9 Å². The second-order valence-electron chi connectivity index (χ2n) is 7.39.